The van der Waals surface area contributed by atoms with Gasteiger partial charge in [0, 0.05) is 18.0 Å². The molecule has 0 aliphatic heterocycles. The summed E-state index contributed by atoms with van der Waals surface area (Å²) < 4.78 is 0. The summed E-state index contributed by atoms with van der Waals surface area (Å²) in [5.74, 6) is 0.416. The standard InChI is InChI=1S/C13H24N2O.ClH/c1-13(2)7-3-4-11(13)15-12(16)9-5-6-10(14)8-9;/h9-11H,3-8,14H2,1-2H3,(H,15,16);1H. The zero-order valence-corrected chi connectivity index (χ0v) is 11.7. The number of hydrogen-bond acceptors (Lipinski definition) is 2. The zero-order valence-electron chi connectivity index (χ0n) is 10.9. The van der Waals surface area contributed by atoms with Crippen molar-refractivity contribution in [3.05, 3.63) is 0 Å². The van der Waals surface area contributed by atoms with Gasteiger partial charge in [-0.25, -0.2) is 0 Å². The minimum Gasteiger partial charge on any atom is -0.353 e. The second kappa shape index (κ2) is 5.57. The first kappa shape index (κ1) is 14.8. The molecular weight excluding hydrogens is 236 g/mol. The van der Waals surface area contributed by atoms with Crippen LogP contribution in [-0.4, -0.2) is 18.0 Å². The molecule has 2 aliphatic carbocycles. The van der Waals surface area contributed by atoms with Gasteiger partial charge in [0.1, 0.15) is 0 Å². The molecule has 0 aromatic heterocycles. The molecule has 100 valence electrons. The number of nitrogens with two attached hydrogens (primary N) is 1. The van der Waals surface area contributed by atoms with Crippen LogP contribution in [0.1, 0.15) is 52.4 Å². The highest BCUT2D eigenvalue weighted by Gasteiger charge is 2.37. The molecule has 0 radical (unpaired) electrons. The first-order valence-electron chi connectivity index (χ1n) is 6.55. The SMILES string of the molecule is CC1(C)CCCC1NC(=O)C1CCC(N)C1.Cl. The fourth-order valence-corrected chi connectivity index (χ4v) is 3.14. The predicted octanol–water partition coefficient (Wildman–Crippen LogP) is 2.23. The van der Waals surface area contributed by atoms with E-state index in [0.29, 0.717) is 6.04 Å². The van der Waals surface area contributed by atoms with E-state index in [9.17, 15) is 4.79 Å². The number of rotatable bonds is 2. The Morgan fingerprint density at radius 2 is 2.00 bits per heavy atom. The molecule has 1 amide bonds. The molecule has 3 atom stereocenters. The minimum absolute atomic E-state index is 0. The van der Waals surface area contributed by atoms with E-state index in [4.69, 9.17) is 5.73 Å². The number of hydrogen-bond donors (Lipinski definition) is 2. The van der Waals surface area contributed by atoms with E-state index in [1.54, 1.807) is 0 Å². The summed E-state index contributed by atoms with van der Waals surface area (Å²) in [5.41, 5.74) is 6.12. The van der Waals surface area contributed by atoms with Gasteiger partial charge in [-0.1, -0.05) is 20.3 Å². The average Bonchev–Trinajstić information content (AvgIpc) is 2.74. The Labute approximate surface area is 110 Å². The van der Waals surface area contributed by atoms with Crippen molar-refractivity contribution >= 4 is 18.3 Å². The number of nitrogens with one attached hydrogen (secondary N) is 1. The van der Waals surface area contributed by atoms with Crippen molar-refractivity contribution in [1.82, 2.24) is 5.32 Å². The fourth-order valence-electron chi connectivity index (χ4n) is 3.14. The second-order valence-electron chi connectivity index (χ2n) is 6.21. The van der Waals surface area contributed by atoms with Crippen LogP contribution < -0.4 is 11.1 Å². The Morgan fingerprint density at radius 3 is 2.47 bits per heavy atom. The van der Waals surface area contributed by atoms with E-state index in [2.05, 4.69) is 19.2 Å². The third-order valence-electron chi connectivity index (χ3n) is 4.42. The van der Waals surface area contributed by atoms with Gasteiger partial charge in [-0.05, 0) is 37.5 Å². The maximum absolute atomic E-state index is 12.1. The van der Waals surface area contributed by atoms with E-state index in [-0.39, 0.29) is 35.7 Å². The van der Waals surface area contributed by atoms with Crippen LogP contribution in [0.2, 0.25) is 0 Å². The molecule has 2 saturated carbocycles. The summed E-state index contributed by atoms with van der Waals surface area (Å²) in [6.07, 6.45) is 6.45. The third-order valence-corrected chi connectivity index (χ3v) is 4.42. The van der Waals surface area contributed by atoms with Gasteiger partial charge in [0.2, 0.25) is 5.91 Å². The van der Waals surface area contributed by atoms with Crippen LogP contribution in [0.25, 0.3) is 0 Å². The Hall–Kier alpha value is -0.280. The van der Waals surface area contributed by atoms with Crippen LogP contribution in [0.15, 0.2) is 0 Å². The van der Waals surface area contributed by atoms with Crippen LogP contribution in [0, 0.1) is 11.3 Å². The molecule has 0 bridgehead atoms. The minimum atomic E-state index is 0. The number of halogens is 1. The van der Waals surface area contributed by atoms with Gasteiger partial charge in [-0.2, -0.15) is 0 Å². The molecule has 2 fully saturated rings. The van der Waals surface area contributed by atoms with Crippen LogP contribution in [0.5, 0.6) is 0 Å². The van der Waals surface area contributed by atoms with E-state index >= 15 is 0 Å². The van der Waals surface area contributed by atoms with Crippen LogP contribution in [-0.2, 0) is 4.79 Å². The molecule has 4 heteroatoms. The maximum Gasteiger partial charge on any atom is 0.223 e. The number of carbonyl (C=O) groups is 1. The van der Waals surface area contributed by atoms with Gasteiger partial charge in [0.15, 0.2) is 0 Å². The normalized spacial score (nSPS) is 35.4. The van der Waals surface area contributed by atoms with Crippen LogP contribution in [0.3, 0.4) is 0 Å². The van der Waals surface area contributed by atoms with E-state index in [1.807, 2.05) is 0 Å². The Morgan fingerprint density at radius 1 is 1.29 bits per heavy atom. The van der Waals surface area contributed by atoms with E-state index < -0.39 is 0 Å². The number of carbonyl (C=O) groups excluding carboxylic acids is 1. The fraction of sp³-hybridized carbons (Fsp3) is 0.923. The van der Waals surface area contributed by atoms with Crippen LogP contribution >= 0.6 is 12.4 Å². The number of amides is 1. The predicted molar refractivity (Wildman–Crippen MR) is 72.1 cm³/mol. The highest BCUT2D eigenvalue weighted by Crippen LogP contribution is 2.37. The molecule has 3 nitrogen and oxygen atoms in total. The maximum atomic E-state index is 12.1. The summed E-state index contributed by atoms with van der Waals surface area (Å²) >= 11 is 0. The average molecular weight is 261 g/mol. The lowest BCUT2D eigenvalue weighted by atomic mass is 9.87. The molecule has 0 spiro atoms. The van der Waals surface area contributed by atoms with Gasteiger partial charge in [0.05, 0.1) is 0 Å². The van der Waals surface area contributed by atoms with Crippen molar-refractivity contribution in [2.75, 3.05) is 0 Å². The van der Waals surface area contributed by atoms with Crippen molar-refractivity contribution in [1.29, 1.82) is 0 Å². The van der Waals surface area contributed by atoms with Gasteiger partial charge in [-0.15, -0.1) is 12.4 Å². The van der Waals surface area contributed by atoms with Crippen molar-refractivity contribution in [3.8, 4) is 0 Å². The smallest absolute Gasteiger partial charge is 0.223 e. The first-order chi connectivity index (χ1) is 7.49. The largest absolute Gasteiger partial charge is 0.353 e. The quantitative estimate of drug-likeness (QED) is 0.800. The molecule has 0 saturated heterocycles. The van der Waals surface area contributed by atoms with Gasteiger partial charge in [0.25, 0.3) is 0 Å². The first-order valence-corrected chi connectivity index (χ1v) is 6.55. The molecule has 0 heterocycles. The van der Waals surface area contributed by atoms with Crippen molar-refractivity contribution < 1.29 is 4.79 Å². The summed E-state index contributed by atoms with van der Waals surface area (Å²) in [7, 11) is 0. The molecule has 2 aliphatic rings. The van der Waals surface area contributed by atoms with Crippen molar-refractivity contribution in [2.45, 2.75) is 64.5 Å². The van der Waals surface area contributed by atoms with Gasteiger partial charge in [-0.3, -0.25) is 4.79 Å². The second-order valence-corrected chi connectivity index (χ2v) is 6.21. The summed E-state index contributed by atoms with van der Waals surface area (Å²) in [5, 5.41) is 3.24. The molecule has 2 rings (SSSR count). The Kier molecular flexibility index (Phi) is 4.85. The van der Waals surface area contributed by atoms with Crippen molar-refractivity contribution in [3.63, 3.8) is 0 Å². The van der Waals surface area contributed by atoms with E-state index in [1.165, 1.54) is 12.8 Å². The molecule has 3 N–H and O–H groups in total. The molecular formula is C13H25ClN2O. The third kappa shape index (κ3) is 3.35. The van der Waals surface area contributed by atoms with Crippen molar-refractivity contribution in [2.24, 2.45) is 17.1 Å². The van der Waals surface area contributed by atoms with Gasteiger partial charge < -0.3 is 11.1 Å². The lowest BCUT2D eigenvalue weighted by molar-refractivity contribution is -0.126. The van der Waals surface area contributed by atoms with E-state index in [0.717, 1.165) is 25.7 Å². The summed E-state index contributed by atoms with van der Waals surface area (Å²) in [6.45, 7) is 4.51. The Balaban J connectivity index is 0.00000144. The highest BCUT2D eigenvalue weighted by molar-refractivity contribution is 5.85. The highest BCUT2D eigenvalue weighted by atomic mass is 35.5. The molecule has 0 aromatic rings. The summed E-state index contributed by atoms with van der Waals surface area (Å²) in [4.78, 5) is 12.1. The van der Waals surface area contributed by atoms with Crippen LogP contribution in [0.4, 0.5) is 0 Å². The monoisotopic (exact) mass is 260 g/mol. The lowest BCUT2D eigenvalue weighted by Gasteiger charge is -2.28. The van der Waals surface area contributed by atoms with Gasteiger partial charge >= 0.3 is 0 Å². The Bertz CT molecular complexity index is 281. The zero-order chi connectivity index (χ0) is 11.8. The molecule has 3 unspecified atom stereocenters. The molecule has 0 aromatic carbocycles. The topological polar surface area (TPSA) is 55.1 Å². The summed E-state index contributed by atoms with van der Waals surface area (Å²) in [6, 6.07) is 0.615. The molecule has 17 heavy (non-hydrogen) atoms. The lowest BCUT2D eigenvalue weighted by Crippen LogP contribution is -2.44.